The third-order valence-electron chi connectivity index (χ3n) is 3.13. The third-order valence-corrected chi connectivity index (χ3v) is 3.83. The standard InChI is InChI=1S/C14H18Cl2FNO/c1-14(2)9-18(8-12(6-15)19-14)7-10-3-4-11(17)5-13(10)16/h3-5,12H,6-9H2,1-2H3. The van der Waals surface area contributed by atoms with Crippen molar-refractivity contribution in [1.82, 2.24) is 4.90 Å². The van der Waals surface area contributed by atoms with Crippen molar-refractivity contribution in [1.29, 1.82) is 0 Å². The second-order valence-electron chi connectivity index (χ2n) is 5.56. The highest BCUT2D eigenvalue weighted by Crippen LogP contribution is 2.25. The minimum absolute atomic E-state index is 0.0182. The van der Waals surface area contributed by atoms with Gasteiger partial charge in [-0.3, -0.25) is 4.90 Å². The van der Waals surface area contributed by atoms with Crippen molar-refractivity contribution in [2.45, 2.75) is 32.1 Å². The molecule has 19 heavy (non-hydrogen) atoms. The number of nitrogens with zero attached hydrogens (tertiary/aromatic N) is 1. The largest absolute Gasteiger partial charge is 0.368 e. The molecule has 0 radical (unpaired) electrons. The van der Waals surface area contributed by atoms with Crippen LogP contribution in [0.25, 0.3) is 0 Å². The molecule has 1 aliphatic rings. The minimum atomic E-state index is -0.310. The van der Waals surface area contributed by atoms with Crippen LogP contribution in [0.3, 0.4) is 0 Å². The van der Waals surface area contributed by atoms with Crippen LogP contribution in [0.1, 0.15) is 19.4 Å². The number of hydrogen-bond donors (Lipinski definition) is 0. The van der Waals surface area contributed by atoms with E-state index in [1.807, 2.05) is 13.8 Å². The maximum absolute atomic E-state index is 13.0. The van der Waals surface area contributed by atoms with Gasteiger partial charge in [-0.15, -0.1) is 11.6 Å². The van der Waals surface area contributed by atoms with Crippen LogP contribution < -0.4 is 0 Å². The highest BCUT2D eigenvalue weighted by atomic mass is 35.5. The molecular weight excluding hydrogens is 288 g/mol. The SMILES string of the molecule is CC1(C)CN(Cc2ccc(F)cc2Cl)CC(CCl)O1. The second kappa shape index (κ2) is 5.96. The zero-order chi connectivity index (χ0) is 14.0. The highest BCUT2D eigenvalue weighted by Gasteiger charge is 2.33. The van der Waals surface area contributed by atoms with Crippen molar-refractivity contribution in [2.24, 2.45) is 0 Å². The highest BCUT2D eigenvalue weighted by molar-refractivity contribution is 6.31. The fourth-order valence-electron chi connectivity index (χ4n) is 2.51. The quantitative estimate of drug-likeness (QED) is 0.790. The summed E-state index contributed by atoms with van der Waals surface area (Å²) in [5, 5.41) is 0.465. The van der Waals surface area contributed by atoms with E-state index < -0.39 is 0 Å². The van der Waals surface area contributed by atoms with Gasteiger partial charge < -0.3 is 4.74 Å². The number of hydrogen-bond acceptors (Lipinski definition) is 2. The normalized spacial score (nSPS) is 23.5. The van der Waals surface area contributed by atoms with E-state index in [0.29, 0.717) is 17.4 Å². The smallest absolute Gasteiger partial charge is 0.124 e. The number of benzene rings is 1. The molecule has 0 aromatic heterocycles. The van der Waals surface area contributed by atoms with Crippen LogP contribution >= 0.6 is 23.2 Å². The average molecular weight is 306 g/mol. The predicted molar refractivity (Wildman–Crippen MR) is 76.4 cm³/mol. The molecule has 0 amide bonds. The lowest BCUT2D eigenvalue weighted by molar-refractivity contribution is -0.129. The molecule has 5 heteroatoms. The van der Waals surface area contributed by atoms with Gasteiger partial charge in [-0.1, -0.05) is 17.7 Å². The van der Waals surface area contributed by atoms with Gasteiger partial charge in [-0.05, 0) is 31.5 Å². The topological polar surface area (TPSA) is 12.5 Å². The molecule has 1 saturated heterocycles. The molecule has 106 valence electrons. The van der Waals surface area contributed by atoms with Crippen molar-refractivity contribution >= 4 is 23.2 Å². The summed E-state index contributed by atoms with van der Waals surface area (Å²) in [4.78, 5) is 2.25. The first-order chi connectivity index (χ1) is 8.89. The van der Waals surface area contributed by atoms with Crippen molar-refractivity contribution < 1.29 is 9.13 Å². The van der Waals surface area contributed by atoms with E-state index >= 15 is 0 Å². The fourth-order valence-corrected chi connectivity index (χ4v) is 2.90. The summed E-state index contributed by atoms with van der Waals surface area (Å²) in [5.74, 6) is 0.159. The molecule has 0 saturated carbocycles. The summed E-state index contributed by atoms with van der Waals surface area (Å²) in [5.41, 5.74) is 0.693. The Bertz CT molecular complexity index is 453. The van der Waals surface area contributed by atoms with Crippen molar-refractivity contribution in [3.8, 4) is 0 Å². The molecule has 2 nitrogen and oxygen atoms in total. The Balaban J connectivity index is 2.09. The molecule has 2 rings (SSSR count). The van der Waals surface area contributed by atoms with E-state index in [0.717, 1.165) is 18.7 Å². The Morgan fingerprint density at radius 3 is 2.84 bits per heavy atom. The second-order valence-corrected chi connectivity index (χ2v) is 6.28. The minimum Gasteiger partial charge on any atom is -0.368 e. The number of morpholine rings is 1. The first-order valence-corrected chi connectivity index (χ1v) is 7.21. The third kappa shape index (κ3) is 4.06. The maximum Gasteiger partial charge on any atom is 0.124 e. The van der Waals surface area contributed by atoms with Gasteiger partial charge in [0, 0.05) is 30.5 Å². The first-order valence-electron chi connectivity index (χ1n) is 6.30. The molecule has 1 unspecified atom stereocenters. The molecule has 0 N–H and O–H groups in total. The molecule has 1 aromatic carbocycles. The van der Waals surface area contributed by atoms with Crippen LogP contribution in [0.4, 0.5) is 4.39 Å². The summed E-state index contributed by atoms with van der Waals surface area (Å²) >= 11 is 12.0. The molecule has 0 bridgehead atoms. The van der Waals surface area contributed by atoms with Gasteiger partial charge >= 0.3 is 0 Å². The summed E-state index contributed by atoms with van der Waals surface area (Å²) in [6.07, 6.45) is 0.0182. The van der Waals surface area contributed by atoms with Crippen LogP contribution in [-0.4, -0.2) is 35.6 Å². The van der Waals surface area contributed by atoms with E-state index in [-0.39, 0.29) is 17.5 Å². The van der Waals surface area contributed by atoms with Crippen LogP contribution in [-0.2, 0) is 11.3 Å². The van der Waals surface area contributed by atoms with Crippen molar-refractivity contribution in [2.75, 3.05) is 19.0 Å². The summed E-state index contributed by atoms with van der Waals surface area (Å²) < 4.78 is 18.9. The van der Waals surface area contributed by atoms with E-state index in [9.17, 15) is 4.39 Å². The van der Waals surface area contributed by atoms with Gasteiger partial charge in [-0.2, -0.15) is 0 Å². The Kier molecular flexibility index (Phi) is 4.72. The van der Waals surface area contributed by atoms with Crippen molar-refractivity contribution in [3.05, 3.63) is 34.6 Å². The van der Waals surface area contributed by atoms with Crippen LogP contribution in [0.15, 0.2) is 18.2 Å². The van der Waals surface area contributed by atoms with E-state index in [4.69, 9.17) is 27.9 Å². The van der Waals surface area contributed by atoms with Crippen LogP contribution in [0.5, 0.6) is 0 Å². The molecule has 1 atom stereocenters. The van der Waals surface area contributed by atoms with E-state index in [1.54, 1.807) is 6.07 Å². The molecule has 0 spiro atoms. The molecule has 0 aliphatic carbocycles. The molecule has 1 fully saturated rings. The Morgan fingerprint density at radius 2 is 2.21 bits per heavy atom. The molecule has 1 aliphatic heterocycles. The monoisotopic (exact) mass is 305 g/mol. The summed E-state index contributed by atoms with van der Waals surface area (Å²) in [6.45, 7) is 6.34. The lowest BCUT2D eigenvalue weighted by Gasteiger charge is -2.42. The van der Waals surface area contributed by atoms with E-state index in [2.05, 4.69) is 4.90 Å². The van der Waals surface area contributed by atoms with Crippen LogP contribution in [0, 0.1) is 5.82 Å². The molecule has 1 heterocycles. The predicted octanol–water partition coefficient (Wildman–Crippen LogP) is 3.70. The van der Waals surface area contributed by atoms with Gasteiger partial charge in [0.05, 0.1) is 11.7 Å². The number of rotatable bonds is 3. The van der Waals surface area contributed by atoms with Gasteiger partial charge in [0.25, 0.3) is 0 Å². The van der Waals surface area contributed by atoms with Crippen molar-refractivity contribution in [3.63, 3.8) is 0 Å². The van der Waals surface area contributed by atoms with Crippen LogP contribution in [0.2, 0.25) is 5.02 Å². The fraction of sp³-hybridized carbons (Fsp3) is 0.571. The lowest BCUT2D eigenvalue weighted by atomic mass is 10.0. The Labute approximate surface area is 123 Å². The Hall–Kier alpha value is -0.350. The zero-order valence-electron chi connectivity index (χ0n) is 11.1. The Morgan fingerprint density at radius 1 is 1.47 bits per heavy atom. The summed E-state index contributed by atoms with van der Waals surface area (Å²) in [6, 6.07) is 4.52. The average Bonchev–Trinajstić information content (AvgIpc) is 2.31. The summed E-state index contributed by atoms with van der Waals surface area (Å²) in [7, 11) is 0. The van der Waals surface area contributed by atoms with Gasteiger partial charge in [-0.25, -0.2) is 4.39 Å². The number of halogens is 3. The van der Waals surface area contributed by atoms with E-state index in [1.165, 1.54) is 12.1 Å². The number of alkyl halides is 1. The van der Waals surface area contributed by atoms with Gasteiger partial charge in [0.1, 0.15) is 5.82 Å². The first kappa shape index (κ1) is 15.0. The van der Waals surface area contributed by atoms with Gasteiger partial charge in [0.15, 0.2) is 0 Å². The lowest BCUT2D eigenvalue weighted by Crippen LogP contribution is -2.52. The maximum atomic E-state index is 13.0. The number of ether oxygens (including phenoxy) is 1. The molecular formula is C14H18Cl2FNO. The zero-order valence-corrected chi connectivity index (χ0v) is 12.6. The van der Waals surface area contributed by atoms with Gasteiger partial charge in [0.2, 0.25) is 0 Å². The molecule has 1 aromatic rings.